The van der Waals surface area contributed by atoms with Crippen LogP contribution < -0.4 is 0 Å². The molecule has 0 aliphatic carbocycles. The maximum Gasteiger partial charge on any atom is 0.338 e. The number of ether oxygens (including phenoxy) is 1. The van der Waals surface area contributed by atoms with Gasteiger partial charge >= 0.3 is 5.97 Å². The maximum atomic E-state index is 13.8. The van der Waals surface area contributed by atoms with E-state index in [1.165, 1.54) is 23.9 Å². The first-order valence-corrected chi connectivity index (χ1v) is 11.1. The van der Waals surface area contributed by atoms with Crippen molar-refractivity contribution in [2.45, 2.75) is 24.4 Å². The van der Waals surface area contributed by atoms with E-state index in [0.29, 0.717) is 35.5 Å². The van der Waals surface area contributed by atoms with Crippen LogP contribution in [-0.2, 0) is 17.0 Å². The summed E-state index contributed by atoms with van der Waals surface area (Å²) in [4.78, 5) is 16.9. The molecule has 0 saturated heterocycles. The minimum Gasteiger partial charge on any atom is -0.462 e. The van der Waals surface area contributed by atoms with Crippen molar-refractivity contribution in [3.05, 3.63) is 94.8 Å². The fraction of sp³-hybridized carbons (Fsp3) is 0.160. The van der Waals surface area contributed by atoms with Crippen molar-refractivity contribution in [1.82, 2.24) is 9.55 Å². The van der Waals surface area contributed by atoms with Crippen LogP contribution in [0.1, 0.15) is 34.0 Å². The Kier molecular flexibility index (Phi) is 6.52. The van der Waals surface area contributed by atoms with Gasteiger partial charge in [-0.25, -0.2) is 14.2 Å². The number of nitriles is 1. The van der Waals surface area contributed by atoms with Gasteiger partial charge in [0.2, 0.25) is 0 Å². The van der Waals surface area contributed by atoms with E-state index in [1.54, 1.807) is 31.2 Å². The van der Waals surface area contributed by atoms with E-state index in [-0.39, 0.29) is 5.82 Å². The van der Waals surface area contributed by atoms with Crippen LogP contribution in [-0.4, -0.2) is 22.1 Å². The first-order valence-electron chi connectivity index (χ1n) is 10.1. The Balaban J connectivity index is 1.73. The first kappa shape index (κ1) is 21.6. The molecule has 0 radical (unpaired) electrons. The van der Waals surface area contributed by atoms with Crippen molar-refractivity contribution in [2.24, 2.45) is 0 Å². The van der Waals surface area contributed by atoms with Crippen LogP contribution >= 0.6 is 11.8 Å². The van der Waals surface area contributed by atoms with Crippen LogP contribution in [0.3, 0.4) is 0 Å². The van der Waals surface area contributed by atoms with Crippen molar-refractivity contribution in [3.8, 4) is 6.07 Å². The van der Waals surface area contributed by atoms with Crippen LogP contribution in [0.25, 0.3) is 11.0 Å². The predicted octanol–water partition coefficient (Wildman–Crippen LogP) is 5.56. The lowest BCUT2D eigenvalue weighted by molar-refractivity contribution is 0.0526. The lowest BCUT2D eigenvalue weighted by Gasteiger charge is -2.10. The SMILES string of the molecule is CCOC(=O)c1ccc2c(c1)nc(SCc1ccccc1C#N)n2Cc1cccc(F)c1. The van der Waals surface area contributed by atoms with E-state index in [1.807, 2.05) is 34.9 Å². The number of carbonyl (C=O) groups excluding carboxylic acids is 1. The number of benzene rings is 3. The van der Waals surface area contributed by atoms with E-state index < -0.39 is 5.97 Å². The molecular weight excluding hydrogens is 425 g/mol. The Hall–Kier alpha value is -3.63. The number of halogens is 1. The lowest BCUT2D eigenvalue weighted by Crippen LogP contribution is -2.05. The summed E-state index contributed by atoms with van der Waals surface area (Å²) in [6.45, 7) is 2.48. The van der Waals surface area contributed by atoms with Gasteiger partial charge in [0.05, 0.1) is 41.4 Å². The summed E-state index contributed by atoms with van der Waals surface area (Å²) < 4.78 is 20.9. The molecule has 0 spiro atoms. The third kappa shape index (κ3) is 4.66. The number of nitrogens with zero attached hydrogens (tertiary/aromatic N) is 3. The molecule has 3 aromatic carbocycles. The van der Waals surface area contributed by atoms with Gasteiger partial charge in [0.1, 0.15) is 5.82 Å². The lowest BCUT2D eigenvalue weighted by atomic mass is 10.1. The minimum absolute atomic E-state index is 0.296. The van der Waals surface area contributed by atoms with Gasteiger partial charge in [-0.3, -0.25) is 0 Å². The number of esters is 1. The normalized spacial score (nSPS) is 10.8. The van der Waals surface area contributed by atoms with Crippen LogP contribution in [0.15, 0.2) is 71.9 Å². The second-order valence-corrected chi connectivity index (χ2v) is 8.03. The third-order valence-electron chi connectivity index (χ3n) is 4.95. The molecule has 160 valence electrons. The van der Waals surface area contributed by atoms with Gasteiger partial charge in [0, 0.05) is 5.75 Å². The van der Waals surface area contributed by atoms with Crippen LogP contribution in [0, 0.1) is 17.1 Å². The Morgan fingerprint density at radius 2 is 2.00 bits per heavy atom. The number of thioether (sulfide) groups is 1. The van der Waals surface area contributed by atoms with Crippen LogP contribution in [0.4, 0.5) is 4.39 Å². The molecule has 7 heteroatoms. The zero-order valence-electron chi connectivity index (χ0n) is 17.4. The molecule has 0 aliphatic heterocycles. The molecule has 0 aliphatic rings. The molecular formula is C25H20FN3O2S. The highest BCUT2D eigenvalue weighted by atomic mass is 32.2. The van der Waals surface area contributed by atoms with E-state index >= 15 is 0 Å². The molecule has 5 nitrogen and oxygen atoms in total. The van der Waals surface area contributed by atoms with E-state index in [0.717, 1.165) is 21.8 Å². The zero-order valence-corrected chi connectivity index (χ0v) is 18.2. The molecule has 1 heterocycles. The molecule has 0 N–H and O–H groups in total. The second kappa shape index (κ2) is 9.67. The predicted molar refractivity (Wildman–Crippen MR) is 122 cm³/mol. The summed E-state index contributed by atoms with van der Waals surface area (Å²) in [7, 11) is 0. The molecule has 4 aromatic rings. The molecule has 4 rings (SSSR count). The van der Waals surface area contributed by atoms with Gasteiger partial charge in [-0.1, -0.05) is 42.1 Å². The van der Waals surface area contributed by atoms with E-state index in [9.17, 15) is 14.4 Å². The molecule has 1 aromatic heterocycles. The number of carbonyl (C=O) groups is 1. The van der Waals surface area contributed by atoms with E-state index in [2.05, 4.69) is 6.07 Å². The average Bonchev–Trinajstić information content (AvgIpc) is 3.14. The monoisotopic (exact) mass is 445 g/mol. The maximum absolute atomic E-state index is 13.8. The largest absolute Gasteiger partial charge is 0.462 e. The van der Waals surface area contributed by atoms with Crippen molar-refractivity contribution in [2.75, 3.05) is 6.61 Å². The van der Waals surface area contributed by atoms with Crippen molar-refractivity contribution >= 4 is 28.8 Å². The molecule has 0 saturated carbocycles. The Morgan fingerprint density at radius 1 is 1.16 bits per heavy atom. The number of fused-ring (bicyclic) bond motifs is 1. The summed E-state index contributed by atoms with van der Waals surface area (Å²) in [5.74, 6) is -0.138. The fourth-order valence-electron chi connectivity index (χ4n) is 3.43. The molecule has 0 bridgehead atoms. The highest BCUT2D eigenvalue weighted by Gasteiger charge is 2.16. The number of rotatable bonds is 7. The number of imidazole rings is 1. The Labute approximate surface area is 189 Å². The van der Waals surface area contributed by atoms with Crippen molar-refractivity contribution in [3.63, 3.8) is 0 Å². The van der Waals surface area contributed by atoms with Crippen LogP contribution in [0.5, 0.6) is 0 Å². The van der Waals surface area contributed by atoms with Gasteiger partial charge < -0.3 is 9.30 Å². The fourth-order valence-corrected chi connectivity index (χ4v) is 4.45. The first-order chi connectivity index (χ1) is 15.6. The van der Waals surface area contributed by atoms with E-state index in [4.69, 9.17) is 9.72 Å². The topological polar surface area (TPSA) is 67.9 Å². The molecule has 0 fully saturated rings. The zero-order chi connectivity index (χ0) is 22.5. The smallest absolute Gasteiger partial charge is 0.338 e. The third-order valence-corrected chi connectivity index (χ3v) is 5.97. The van der Waals surface area contributed by atoms with Gasteiger partial charge in [-0.05, 0) is 54.4 Å². The van der Waals surface area contributed by atoms with Crippen LogP contribution in [0.2, 0.25) is 0 Å². The Morgan fingerprint density at radius 3 is 2.78 bits per heavy atom. The number of hydrogen-bond acceptors (Lipinski definition) is 5. The summed E-state index contributed by atoms with van der Waals surface area (Å²) in [6, 6.07) is 21.4. The molecule has 0 unspecified atom stereocenters. The summed E-state index contributed by atoms with van der Waals surface area (Å²) in [5.41, 5.74) is 4.26. The molecule has 0 amide bonds. The van der Waals surface area contributed by atoms with Gasteiger partial charge in [0.15, 0.2) is 5.16 Å². The van der Waals surface area contributed by atoms with Gasteiger partial charge in [0.25, 0.3) is 0 Å². The van der Waals surface area contributed by atoms with Crippen molar-refractivity contribution in [1.29, 1.82) is 5.26 Å². The summed E-state index contributed by atoms with van der Waals surface area (Å²) >= 11 is 1.49. The number of aromatic nitrogens is 2. The Bertz CT molecular complexity index is 1330. The second-order valence-electron chi connectivity index (χ2n) is 7.09. The average molecular weight is 446 g/mol. The number of hydrogen-bond donors (Lipinski definition) is 0. The van der Waals surface area contributed by atoms with Gasteiger partial charge in [-0.2, -0.15) is 5.26 Å². The highest BCUT2D eigenvalue weighted by Crippen LogP contribution is 2.29. The van der Waals surface area contributed by atoms with Gasteiger partial charge in [-0.15, -0.1) is 0 Å². The molecule has 32 heavy (non-hydrogen) atoms. The highest BCUT2D eigenvalue weighted by molar-refractivity contribution is 7.98. The summed E-state index contributed by atoms with van der Waals surface area (Å²) in [6.07, 6.45) is 0. The minimum atomic E-state index is -0.397. The quantitative estimate of drug-likeness (QED) is 0.275. The summed E-state index contributed by atoms with van der Waals surface area (Å²) in [5, 5.41) is 10.1. The van der Waals surface area contributed by atoms with Crippen molar-refractivity contribution < 1.29 is 13.9 Å². The molecule has 0 atom stereocenters. The standard InChI is InChI=1S/C25H20FN3O2S/c1-2-31-24(30)18-10-11-23-22(13-18)28-25(29(23)15-17-6-5-9-21(26)12-17)32-16-20-8-4-3-7-19(20)14-27/h3-13H,2,15-16H2,1H3.